The van der Waals surface area contributed by atoms with E-state index in [0.29, 0.717) is 5.88 Å². The fourth-order valence-electron chi connectivity index (χ4n) is 1.14. The third-order valence-electron chi connectivity index (χ3n) is 1.78. The monoisotopic (exact) mass is 247 g/mol. The summed E-state index contributed by atoms with van der Waals surface area (Å²) in [6.07, 6.45) is 0. The molecule has 0 fully saturated rings. The quantitative estimate of drug-likeness (QED) is 0.829. The van der Waals surface area contributed by atoms with Gasteiger partial charge in [-0.05, 0) is 31.5 Å². The van der Waals surface area contributed by atoms with E-state index in [-0.39, 0.29) is 10.9 Å². The lowest BCUT2D eigenvalue weighted by Crippen LogP contribution is -2.30. The third kappa shape index (κ3) is 3.48. The molecule has 0 aliphatic heterocycles. The highest BCUT2D eigenvalue weighted by Crippen LogP contribution is 2.12. The molecule has 0 spiro atoms. The number of benzene rings is 1. The number of hydrogen-bond acceptors (Lipinski definition) is 2. The Morgan fingerprint density at radius 2 is 1.80 bits per heavy atom. The van der Waals surface area contributed by atoms with Gasteiger partial charge < -0.3 is 0 Å². The van der Waals surface area contributed by atoms with Gasteiger partial charge in [0.2, 0.25) is 10.0 Å². The van der Waals surface area contributed by atoms with Crippen LogP contribution in [0.1, 0.15) is 19.4 Å². The Bertz CT molecular complexity index is 412. The smallest absolute Gasteiger partial charge is 0.209 e. The van der Waals surface area contributed by atoms with Gasteiger partial charge in [-0.15, -0.1) is 11.6 Å². The van der Waals surface area contributed by atoms with Gasteiger partial charge in [-0.2, -0.15) is 0 Å². The normalized spacial score (nSPS) is 12.0. The molecular weight excluding hydrogens is 234 g/mol. The standard InChI is InChI=1S/C10H14ClNO2S/c1-8(2)12-15(13,14)10-5-3-9(7-11)4-6-10/h3-6,8,12H,7H2,1-2H3. The van der Waals surface area contributed by atoms with Crippen LogP contribution in [0.25, 0.3) is 0 Å². The van der Waals surface area contributed by atoms with Crippen molar-refractivity contribution >= 4 is 21.6 Å². The average Bonchev–Trinajstić information content (AvgIpc) is 2.16. The molecular formula is C10H14ClNO2S. The molecule has 0 saturated heterocycles. The molecule has 0 aliphatic carbocycles. The first-order valence-electron chi connectivity index (χ1n) is 4.63. The van der Waals surface area contributed by atoms with Crippen molar-refractivity contribution in [3.05, 3.63) is 29.8 Å². The predicted molar refractivity (Wildman–Crippen MR) is 61.5 cm³/mol. The first-order valence-corrected chi connectivity index (χ1v) is 6.64. The van der Waals surface area contributed by atoms with Gasteiger partial charge in [0, 0.05) is 11.9 Å². The molecule has 0 bridgehead atoms. The van der Waals surface area contributed by atoms with Crippen molar-refractivity contribution < 1.29 is 8.42 Å². The summed E-state index contributed by atoms with van der Waals surface area (Å²) in [7, 11) is -3.38. The molecule has 0 amide bonds. The van der Waals surface area contributed by atoms with Crippen LogP contribution in [-0.4, -0.2) is 14.5 Å². The molecule has 84 valence electrons. The number of halogens is 1. The molecule has 0 aliphatic rings. The van der Waals surface area contributed by atoms with Gasteiger partial charge in [0.15, 0.2) is 0 Å². The lowest BCUT2D eigenvalue weighted by atomic mass is 10.2. The molecule has 1 N–H and O–H groups in total. The Balaban J connectivity index is 2.96. The van der Waals surface area contributed by atoms with Crippen LogP contribution in [0.3, 0.4) is 0 Å². The van der Waals surface area contributed by atoms with Crippen LogP contribution in [-0.2, 0) is 15.9 Å². The summed E-state index contributed by atoms with van der Waals surface area (Å²) in [6, 6.07) is 6.43. The number of rotatable bonds is 4. The molecule has 1 aromatic rings. The van der Waals surface area contributed by atoms with E-state index in [1.165, 1.54) is 0 Å². The first kappa shape index (κ1) is 12.5. The van der Waals surface area contributed by atoms with Gasteiger partial charge >= 0.3 is 0 Å². The second-order valence-corrected chi connectivity index (χ2v) is 5.53. The summed E-state index contributed by atoms with van der Waals surface area (Å²) in [5.74, 6) is 0.387. The second-order valence-electron chi connectivity index (χ2n) is 3.55. The fraction of sp³-hybridized carbons (Fsp3) is 0.400. The predicted octanol–water partition coefficient (Wildman–Crippen LogP) is 2.11. The fourth-order valence-corrected chi connectivity index (χ4v) is 2.57. The maximum absolute atomic E-state index is 11.7. The van der Waals surface area contributed by atoms with Crippen LogP contribution in [0.2, 0.25) is 0 Å². The summed E-state index contributed by atoms with van der Waals surface area (Å²) >= 11 is 5.61. The van der Waals surface area contributed by atoms with Crippen LogP contribution in [0, 0.1) is 0 Å². The van der Waals surface area contributed by atoms with Gasteiger partial charge in [-0.3, -0.25) is 0 Å². The van der Waals surface area contributed by atoms with Crippen LogP contribution in [0.15, 0.2) is 29.2 Å². The Kier molecular flexibility index (Phi) is 4.13. The van der Waals surface area contributed by atoms with E-state index in [2.05, 4.69) is 4.72 Å². The molecule has 0 unspecified atom stereocenters. The van der Waals surface area contributed by atoms with Crippen LogP contribution < -0.4 is 4.72 Å². The summed E-state index contributed by atoms with van der Waals surface area (Å²) in [6.45, 7) is 3.56. The van der Waals surface area contributed by atoms with Crippen molar-refractivity contribution in [3.63, 3.8) is 0 Å². The van der Waals surface area contributed by atoms with Crippen molar-refractivity contribution in [2.24, 2.45) is 0 Å². The lowest BCUT2D eigenvalue weighted by Gasteiger charge is -2.09. The molecule has 0 radical (unpaired) electrons. The van der Waals surface area contributed by atoms with E-state index in [1.807, 2.05) is 0 Å². The van der Waals surface area contributed by atoms with E-state index in [4.69, 9.17) is 11.6 Å². The van der Waals surface area contributed by atoms with Crippen molar-refractivity contribution in [1.82, 2.24) is 4.72 Å². The van der Waals surface area contributed by atoms with E-state index in [0.717, 1.165) is 5.56 Å². The maximum atomic E-state index is 11.7. The van der Waals surface area contributed by atoms with Crippen molar-refractivity contribution in [2.45, 2.75) is 30.7 Å². The summed E-state index contributed by atoms with van der Waals surface area (Å²) in [5.41, 5.74) is 0.903. The van der Waals surface area contributed by atoms with E-state index >= 15 is 0 Å². The molecule has 5 heteroatoms. The van der Waals surface area contributed by atoms with Gasteiger partial charge in [-0.25, -0.2) is 13.1 Å². The highest BCUT2D eigenvalue weighted by molar-refractivity contribution is 7.89. The summed E-state index contributed by atoms with van der Waals surface area (Å²) < 4.78 is 25.9. The van der Waals surface area contributed by atoms with Crippen molar-refractivity contribution in [2.75, 3.05) is 0 Å². The zero-order valence-corrected chi connectivity index (χ0v) is 10.3. The van der Waals surface area contributed by atoms with Crippen molar-refractivity contribution in [3.8, 4) is 0 Å². The average molecular weight is 248 g/mol. The SMILES string of the molecule is CC(C)NS(=O)(=O)c1ccc(CCl)cc1. The Hall–Kier alpha value is -0.580. The first-order chi connectivity index (χ1) is 6.95. The van der Waals surface area contributed by atoms with E-state index < -0.39 is 10.0 Å². The molecule has 15 heavy (non-hydrogen) atoms. The highest BCUT2D eigenvalue weighted by Gasteiger charge is 2.14. The van der Waals surface area contributed by atoms with E-state index in [9.17, 15) is 8.42 Å². The van der Waals surface area contributed by atoms with Crippen LogP contribution in [0.4, 0.5) is 0 Å². The third-order valence-corrected chi connectivity index (χ3v) is 3.76. The molecule has 0 heterocycles. The molecule has 0 saturated carbocycles. The van der Waals surface area contributed by atoms with E-state index in [1.54, 1.807) is 38.1 Å². The topological polar surface area (TPSA) is 46.2 Å². The van der Waals surface area contributed by atoms with Gasteiger partial charge in [-0.1, -0.05) is 12.1 Å². The lowest BCUT2D eigenvalue weighted by molar-refractivity contribution is 0.570. The van der Waals surface area contributed by atoms with Gasteiger partial charge in [0.1, 0.15) is 0 Å². The zero-order valence-electron chi connectivity index (χ0n) is 8.70. The molecule has 3 nitrogen and oxygen atoms in total. The minimum Gasteiger partial charge on any atom is -0.209 e. The second kappa shape index (κ2) is 4.96. The number of nitrogens with one attached hydrogen (secondary N) is 1. The summed E-state index contributed by atoms with van der Waals surface area (Å²) in [4.78, 5) is 0.269. The minimum atomic E-state index is -3.38. The molecule has 1 rings (SSSR count). The molecule has 0 aromatic heterocycles. The number of sulfonamides is 1. The number of hydrogen-bond donors (Lipinski definition) is 1. The maximum Gasteiger partial charge on any atom is 0.240 e. The zero-order chi connectivity index (χ0) is 11.5. The molecule has 1 aromatic carbocycles. The van der Waals surface area contributed by atoms with Crippen LogP contribution >= 0.6 is 11.6 Å². The van der Waals surface area contributed by atoms with Gasteiger partial charge in [0.05, 0.1) is 4.90 Å². The Labute approximate surface area is 95.5 Å². The summed E-state index contributed by atoms with van der Waals surface area (Å²) in [5, 5.41) is 0. The van der Waals surface area contributed by atoms with Gasteiger partial charge in [0.25, 0.3) is 0 Å². The highest BCUT2D eigenvalue weighted by atomic mass is 35.5. The van der Waals surface area contributed by atoms with Crippen molar-refractivity contribution in [1.29, 1.82) is 0 Å². The Morgan fingerprint density at radius 1 is 1.27 bits per heavy atom. The molecule has 0 atom stereocenters. The minimum absolute atomic E-state index is 0.109. The van der Waals surface area contributed by atoms with Crippen LogP contribution in [0.5, 0.6) is 0 Å². The number of alkyl halides is 1. The Morgan fingerprint density at radius 3 is 2.20 bits per heavy atom. The largest absolute Gasteiger partial charge is 0.240 e.